The molecule has 2 saturated heterocycles. The van der Waals surface area contributed by atoms with Gasteiger partial charge in [-0.15, -0.1) is 0 Å². The first-order valence-electron chi connectivity index (χ1n) is 19.5. The van der Waals surface area contributed by atoms with Gasteiger partial charge in [0.15, 0.2) is 0 Å². The maximum absolute atomic E-state index is 12.2. The summed E-state index contributed by atoms with van der Waals surface area (Å²) < 4.78 is 34.3. The van der Waals surface area contributed by atoms with E-state index in [1.54, 1.807) is 6.07 Å². The minimum absolute atomic E-state index is 0.166. The summed E-state index contributed by atoms with van der Waals surface area (Å²) in [4.78, 5) is 33.6. The van der Waals surface area contributed by atoms with Gasteiger partial charge in [0.05, 0.1) is 11.1 Å². The summed E-state index contributed by atoms with van der Waals surface area (Å²) in [7, 11) is 0. The maximum Gasteiger partial charge on any atom is 0.408 e. The number of rotatable bonds is 7. The molecule has 0 saturated carbocycles. The molecule has 2 fully saturated rings. The molecule has 4 rings (SSSR count). The van der Waals surface area contributed by atoms with Gasteiger partial charge in [-0.3, -0.25) is 0 Å². The molecule has 0 spiro atoms. The first kappa shape index (κ1) is 54.5. The molecule has 0 aliphatic carbocycles. The van der Waals surface area contributed by atoms with Crippen LogP contribution in [0.1, 0.15) is 109 Å². The summed E-state index contributed by atoms with van der Waals surface area (Å²) in [5.41, 5.74) is 9.61. The van der Waals surface area contributed by atoms with Gasteiger partial charge in [-0.05, 0) is 179 Å². The Bertz CT molecular complexity index is 1380. The molecule has 57 heavy (non-hydrogen) atoms. The predicted octanol–water partition coefficient (Wildman–Crippen LogP) is 8.30. The number of amides is 2. The van der Waals surface area contributed by atoms with Crippen LogP contribution in [0.3, 0.4) is 0 Å². The zero-order valence-corrected chi connectivity index (χ0v) is 40.7. The van der Waals surface area contributed by atoms with Crippen LogP contribution in [-0.4, -0.2) is 97.0 Å². The molecule has 14 nitrogen and oxygen atoms in total. The molecule has 17 heteroatoms. The van der Waals surface area contributed by atoms with Gasteiger partial charge in [0, 0.05) is 59.3 Å². The molecule has 2 atom stereocenters. The van der Waals surface area contributed by atoms with E-state index >= 15 is 0 Å². The lowest BCUT2D eigenvalue weighted by molar-refractivity contribution is 0.0438. The number of carbonyl (C=O) groups is 2. The number of hydrogen-bond donors (Lipinski definition) is 5. The van der Waals surface area contributed by atoms with E-state index in [4.69, 9.17) is 30.4 Å². The largest absolute Gasteiger partial charge is 0.444 e. The minimum atomic E-state index is -0.528. The zero-order chi connectivity index (χ0) is 43.9. The third kappa shape index (κ3) is 27.8. The summed E-state index contributed by atoms with van der Waals surface area (Å²) >= 11 is 4.21. The SMILES string of the molecule is CC(C)(C)OC(=O)N[C@@]1(C)CCCN(c2cc(I)cc(N)n2)C1.CC(C)(C)OC(=O)N[C@@]1(C)CCCNC1.CCOCC.CCOCC.Nc1cc(I)cc(F)n1. The van der Waals surface area contributed by atoms with E-state index < -0.39 is 17.1 Å². The van der Waals surface area contributed by atoms with Crippen molar-refractivity contribution in [2.75, 3.05) is 69.0 Å². The highest BCUT2D eigenvalue weighted by Crippen LogP contribution is 2.27. The van der Waals surface area contributed by atoms with E-state index in [9.17, 15) is 14.0 Å². The number of nitrogen functional groups attached to an aromatic ring is 2. The second-order valence-corrected chi connectivity index (χ2v) is 18.3. The summed E-state index contributed by atoms with van der Waals surface area (Å²) in [5, 5.41) is 9.22. The van der Waals surface area contributed by atoms with Crippen molar-refractivity contribution < 1.29 is 32.9 Å². The van der Waals surface area contributed by atoms with Crippen molar-refractivity contribution in [1.29, 1.82) is 0 Å². The average molecular weight is 1030 g/mol. The fraction of sp³-hybridized carbons (Fsp3) is 0.700. The number of ether oxygens (including phenoxy) is 4. The lowest BCUT2D eigenvalue weighted by Crippen LogP contribution is -2.57. The first-order valence-corrected chi connectivity index (χ1v) is 21.7. The second-order valence-electron chi connectivity index (χ2n) is 15.8. The number of alkyl carbamates (subject to hydrolysis) is 2. The average Bonchev–Trinajstić information content (AvgIpc) is 3.04. The number of piperidine rings is 2. The molecular weight excluding hydrogens is 961 g/mol. The second kappa shape index (κ2) is 27.3. The fourth-order valence-electron chi connectivity index (χ4n) is 5.36. The topological polar surface area (TPSA) is 188 Å². The van der Waals surface area contributed by atoms with Crippen LogP contribution in [0.2, 0.25) is 0 Å². The highest BCUT2D eigenvalue weighted by molar-refractivity contribution is 14.1. The number of halogens is 3. The van der Waals surface area contributed by atoms with Crippen molar-refractivity contribution in [3.8, 4) is 0 Å². The molecule has 2 aromatic rings. The van der Waals surface area contributed by atoms with Crippen LogP contribution in [0, 0.1) is 13.1 Å². The summed E-state index contributed by atoms with van der Waals surface area (Å²) in [6.07, 6.45) is 3.26. The highest BCUT2D eigenvalue weighted by atomic mass is 127. The monoisotopic (exact) mass is 1030 g/mol. The van der Waals surface area contributed by atoms with Crippen LogP contribution in [-0.2, 0) is 18.9 Å². The van der Waals surface area contributed by atoms with Crippen molar-refractivity contribution in [2.24, 2.45) is 0 Å². The van der Waals surface area contributed by atoms with Crippen molar-refractivity contribution >= 4 is 74.8 Å². The van der Waals surface area contributed by atoms with Gasteiger partial charge in [-0.2, -0.15) is 4.39 Å². The molecule has 0 radical (unpaired) electrons. The smallest absolute Gasteiger partial charge is 0.408 e. The summed E-state index contributed by atoms with van der Waals surface area (Å²) in [6.45, 7) is 30.0. The summed E-state index contributed by atoms with van der Waals surface area (Å²) in [5.74, 6) is 1.06. The molecule has 0 bridgehead atoms. The number of pyridine rings is 2. The highest BCUT2D eigenvalue weighted by Gasteiger charge is 2.35. The predicted molar refractivity (Wildman–Crippen MR) is 246 cm³/mol. The van der Waals surface area contributed by atoms with Crippen LogP contribution in [0.4, 0.5) is 31.4 Å². The Kier molecular flexibility index (Phi) is 26.1. The molecule has 4 heterocycles. The molecule has 2 amide bonds. The third-order valence-electron chi connectivity index (χ3n) is 7.61. The van der Waals surface area contributed by atoms with Gasteiger partial charge in [0.2, 0.25) is 5.95 Å². The van der Waals surface area contributed by atoms with E-state index in [-0.39, 0.29) is 29.1 Å². The Morgan fingerprint density at radius 1 is 0.789 bits per heavy atom. The van der Waals surface area contributed by atoms with E-state index in [2.05, 4.69) is 53.4 Å². The van der Waals surface area contributed by atoms with Gasteiger partial charge in [0.25, 0.3) is 0 Å². The lowest BCUT2D eigenvalue weighted by Gasteiger charge is -2.41. The van der Waals surface area contributed by atoms with Gasteiger partial charge in [-0.25, -0.2) is 19.6 Å². The summed E-state index contributed by atoms with van der Waals surface area (Å²) in [6, 6.07) is 6.77. The van der Waals surface area contributed by atoms with Gasteiger partial charge in [0.1, 0.15) is 28.7 Å². The maximum atomic E-state index is 12.2. The van der Waals surface area contributed by atoms with E-state index in [1.807, 2.05) is 118 Å². The first-order chi connectivity index (χ1) is 26.4. The number of nitrogens with two attached hydrogens (primary N) is 2. The van der Waals surface area contributed by atoms with Crippen LogP contribution in [0.25, 0.3) is 0 Å². The molecule has 2 aromatic heterocycles. The Morgan fingerprint density at radius 2 is 1.25 bits per heavy atom. The standard InChI is InChI=1S/C16H25IN4O2.C11H22N2O2.C5H4FIN2.2C4H10O/c1-15(2,3)23-14(22)20-16(4)6-5-7-21(10-16)13-9-11(17)8-12(18)19-13;1-10(2,3)15-9(14)13-11(4)6-5-7-12-8-11;6-4-1-3(7)2-5(8)9-4;2*1-3-5-4-2/h8-9H,5-7,10H2,1-4H3,(H2,18,19)(H,20,22);12H,5-8H2,1-4H3,(H,13,14);1-2H,(H2,8,9);2*3-4H2,1-2H3/t16-;11-;;;/m00.../s1. The molecule has 7 N–H and O–H groups in total. The van der Waals surface area contributed by atoms with Crippen LogP contribution in [0.5, 0.6) is 0 Å². The van der Waals surface area contributed by atoms with E-state index in [1.165, 1.54) is 6.07 Å². The van der Waals surface area contributed by atoms with Gasteiger partial charge in [-0.1, -0.05) is 0 Å². The number of nitrogens with zero attached hydrogens (tertiary/aromatic N) is 3. The normalized spacial score (nSPS) is 19.0. The number of nitrogens with one attached hydrogen (secondary N) is 3. The minimum Gasteiger partial charge on any atom is -0.444 e. The van der Waals surface area contributed by atoms with E-state index in [0.29, 0.717) is 12.4 Å². The number of aromatic nitrogens is 2. The number of hydrogen-bond acceptors (Lipinski definition) is 12. The van der Waals surface area contributed by atoms with Gasteiger partial charge < -0.3 is 51.3 Å². The number of carbonyl (C=O) groups excluding carboxylic acids is 2. The Balaban J connectivity index is 0.000000786. The molecular formula is C40H71FI2N8O6. The molecule has 2 aliphatic rings. The van der Waals surface area contributed by atoms with Crippen LogP contribution >= 0.6 is 45.2 Å². The van der Waals surface area contributed by atoms with Crippen LogP contribution in [0.15, 0.2) is 24.3 Å². The third-order valence-corrected chi connectivity index (χ3v) is 8.86. The lowest BCUT2D eigenvalue weighted by atomic mass is 9.91. The van der Waals surface area contributed by atoms with Crippen LogP contribution < -0.4 is 32.3 Å². The molecule has 0 aromatic carbocycles. The Hall–Kier alpha value is -2.49. The zero-order valence-electron chi connectivity index (χ0n) is 36.4. The van der Waals surface area contributed by atoms with Gasteiger partial charge >= 0.3 is 12.2 Å². The van der Waals surface area contributed by atoms with Crippen molar-refractivity contribution in [1.82, 2.24) is 25.9 Å². The number of anilines is 3. The Labute approximate surface area is 368 Å². The quantitative estimate of drug-likeness (QED) is 0.132. The van der Waals surface area contributed by atoms with Crippen molar-refractivity contribution in [3.63, 3.8) is 0 Å². The van der Waals surface area contributed by atoms with Crippen molar-refractivity contribution in [3.05, 3.63) is 37.4 Å². The van der Waals surface area contributed by atoms with Crippen molar-refractivity contribution in [2.45, 2.75) is 131 Å². The molecule has 328 valence electrons. The fourth-order valence-corrected chi connectivity index (χ4v) is 6.53. The Morgan fingerprint density at radius 3 is 1.63 bits per heavy atom. The molecule has 2 aliphatic heterocycles. The van der Waals surface area contributed by atoms with E-state index in [0.717, 1.165) is 84.7 Å². The molecule has 0 unspecified atom stereocenters.